The lowest BCUT2D eigenvalue weighted by Gasteiger charge is -2.25. The summed E-state index contributed by atoms with van der Waals surface area (Å²) in [6.45, 7) is 9.46. The highest BCUT2D eigenvalue weighted by atomic mass is 15.2. The van der Waals surface area contributed by atoms with Gasteiger partial charge in [-0.2, -0.15) is 0 Å². The molecule has 3 rings (SSSR count). The lowest BCUT2D eigenvalue weighted by molar-refractivity contribution is 0.357. The van der Waals surface area contributed by atoms with Gasteiger partial charge in [-0.3, -0.25) is 4.99 Å². The Morgan fingerprint density at radius 3 is 2.74 bits per heavy atom. The first kappa shape index (κ1) is 16.6. The van der Waals surface area contributed by atoms with Gasteiger partial charge < -0.3 is 4.90 Å². The summed E-state index contributed by atoms with van der Waals surface area (Å²) in [6.07, 6.45) is 18.4. The minimum atomic E-state index is 0.196. The van der Waals surface area contributed by atoms with Crippen molar-refractivity contribution in [2.45, 2.75) is 19.5 Å². The molecule has 0 N–H and O–H groups in total. The Hall–Kier alpha value is -2.75. The van der Waals surface area contributed by atoms with E-state index in [0.717, 1.165) is 29.0 Å². The molecule has 0 radical (unpaired) electrons. The molecule has 1 atom stereocenters. The highest BCUT2D eigenvalue weighted by molar-refractivity contribution is 6.10. The Morgan fingerprint density at radius 2 is 2.00 bits per heavy atom. The smallest absolute Gasteiger partial charge is 0.118 e. The zero-order valence-corrected chi connectivity index (χ0v) is 13.7. The van der Waals surface area contributed by atoms with Crippen molar-refractivity contribution < 1.29 is 0 Å². The summed E-state index contributed by atoms with van der Waals surface area (Å²) in [7, 11) is 2.00. The molecule has 2 heterocycles. The normalized spacial score (nSPS) is 18.7. The molecular formula is C19H22N4. The van der Waals surface area contributed by atoms with Crippen molar-refractivity contribution in [2.75, 3.05) is 7.05 Å². The zero-order valence-electron chi connectivity index (χ0n) is 13.7. The molecule has 0 spiro atoms. The summed E-state index contributed by atoms with van der Waals surface area (Å²) < 4.78 is 0. The van der Waals surface area contributed by atoms with Crippen LogP contribution < -0.4 is 0 Å². The number of rotatable bonds is 2. The summed E-state index contributed by atoms with van der Waals surface area (Å²) in [5.74, 6) is 0. The van der Waals surface area contributed by atoms with Gasteiger partial charge in [0.25, 0.3) is 0 Å². The van der Waals surface area contributed by atoms with Gasteiger partial charge in [0.05, 0.1) is 11.4 Å². The van der Waals surface area contributed by atoms with Gasteiger partial charge in [-0.05, 0) is 25.5 Å². The predicted octanol–water partition coefficient (Wildman–Crippen LogP) is 3.88. The molecule has 4 heteroatoms. The lowest BCUT2D eigenvalue weighted by Crippen LogP contribution is -2.27. The molecule has 0 saturated heterocycles. The van der Waals surface area contributed by atoms with Crippen LogP contribution in [0.5, 0.6) is 0 Å². The fourth-order valence-corrected chi connectivity index (χ4v) is 2.16. The van der Waals surface area contributed by atoms with Crippen LogP contribution in [0.25, 0.3) is 12.2 Å². The molecule has 23 heavy (non-hydrogen) atoms. The molecule has 0 saturated carbocycles. The maximum Gasteiger partial charge on any atom is 0.118 e. The first-order chi connectivity index (χ1) is 11.2. The number of hydrogen-bond acceptors (Lipinski definition) is 4. The monoisotopic (exact) mass is 306 g/mol. The Balaban J connectivity index is 0.000000167. The molecular weight excluding hydrogens is 284 g/mol. The molecule has 0 bridgehead atoms. The van der Waals surface area contributed by atoms with Gasteiger partial charge in [0.2, 0.25) is 0 Å². The number of aromatic nitrogens is 2. The molecule has 0 aromatic carbocycles. The van der Waals surface area contributed by atoms with Crippen LogP contribution in [-0.2, 0) is 0 Å². The molecule has 1 aromatic heterocycles. The number of nitrogens with zero attached hydrogens (tertiary/aromatic N) is 4. The highest BCUT2D eigenvalue weighted by Gasteiger charge is 2.12. The Morgan fingerprint density at radius 1 is 1.22 bits per heavy atom. The van der Waals surface area contributed by atoms with Crippen molar-refractivity contribution in [1.82, 2.24) is 14.9 Å². The summed E-state index contributed by atoms with van der Waals surface area (Å²) in [4.78, 5) is 14.5. The third-order valence-corrected chi connectivity index (χ3v) is 3.59. The van der Waals surface area contributed by atoms with Crippen LogP contribution >= 0.6 is 0 Å². The maximum absolute atomic E-state index is 4.42. The minimum Gasteiger partial charge on any atom is -0.359 e. The van der Waals surface area contributed by atoms with Crippen molar-refractivity contribution in [3.8, 4) is 0 Å². The highest BCUT2D eigenvalue weighted by Crippen LogP contribution is 2.13. The second-order valence-corrected chi connectivity index (χ2v) is 5.21. The van der Waals surface area contributed by atoms with Crippen LogP contribution in [0.15, 0.2) is 66.8 Å². The first-order valence-corrected chi connectivity index (χ1v) is 7.55. The van der Waals surface area contributed by atoms with E-state index in [2.05, 4.69) is 46.3 Å². The average molecular weight is 306 g/mol. The summed E-state index contributed by atoms with van der Waals surface area (Å²) in [6, 6.07) is 0. The van der Waals surface area contributed by atoms with Crippen LogP contribution in [0, 0.1) is 0 Å². The van der Waals surface area contributed by atoms with Gasteiger partial charge >= 0.3 is 0 Å². The van der Waals surface area contributed by atoms with E-state index in [1.54, 1.807) is 18.5 Å². The van der Waals surface area contributed by atoms with Gasteiger partial charge in [0.15, 0.2) is 0 Å². The fraction of sp³-hybridized carbons (Fsp3) is 0.211. The topological polar surface area (TPSA) is 41.4 Å². The summed E-state index contributed by atoms with van der Waals surface area (Å²) in [5, 5.41) is 0. The number of aliphatic imine (C=N–C) groups is 1. The molecule has 118 valence electrons. The van der Waals surface area contributed by atoms with Gasteiger partial charge in [0, 0.05) is 30.6 Å². The third kappa shape index (κ3) is 4.36. The van der Waals surface area contributed by atoms with Crippen LogP contribution in [0.1, 0.15) is 24.6 Å². The van der Waals surface area contributed by atoms with Gasteiger partial charge in [0.1, 0.15) is 12.5 Å². The van der Waals surface area contributed by atoms with Crippen molar-refractivity contribution in [3.63, 3.8) is 0 Å². The first-order valence-electron chi connectivity index (χ1n) is 7.55. The predicted molar refractivity (Wildman–Crippen MR) is 97.9 cm³/mol. The zero-order chi connectivity index (χ0) is 16.7. The van der Waals surface area contributed by atoms with Crippen LogP contribution in [0.4, 0.5) is 0 Å². The van der Waals surface area contributed by atoms with Crippen molar-refractivity contribution in [2.24, 2.45) is 4.99 Å². The number of allylic oxidation sites excluding steroid dienone is 5. The van der Waals surface area contributed by atoms with E-state index in [-0.39, 0.29) is 6.17 Å². The van der Waals surface area contributed by atoms with E-state index in [0.29, 0.717) is 0 Å². The molecule has 1 unspecified atom stereocenters. The Kier molecular flexibility index (Phi) is 5.80. The third-order valence-electron chi connectivity index (χ3n) is 3.59. The molecule has 1 aromatic rings. The average Bonchev–Trinajstić information content (AvgIpc) is 2.83. The molecule has 4 nitrogen and oxygen atoms in total. The van der Waals surface area contributed by atoms with E-state index in [9.17, 15) is 0 Å². The number of fused-ring (bicyclic) bond motifs is 1. The van der Waals surface area contributed by atoms with E-state index in [1.165, 1.54) is 0 Å². The SMILES string of the molecule is C1=Cc2cncnc2C=CC1.C=CC1=CN(C)C(C)N=C1C=C. The fourth-order valence-electron chi connectivity index (χ4n) is 2.16. The minimum absolute atomic E-state index is 0.196. The molecule has 2 aliphatic rings. The second-order valence-electron chi connectivity index (χ2n) is 5.21. The maximum atomic E-state index is 4.42. The van der Waals surface area contributed by atoms with Gasteiger partial charge in [-0.25, -0.2) is 9.97 Å². The van der Waals surface area contributed by atoms with E-state index in [4.69, 9.17) is 0 Å². The molecule has 1 aliphatic carbocycles. The van der Waals surface area contributed by atoms with E-state index in [1.807, 2.05) is 37.3 Å². The van der Waals surface area contributed by atoms with Crippen LogP contribution in [0.2, 0.25) is 0 Å². The van der Waals surface area contributed by atoms with Gasteiger partial charge in [-0.15, -0.1) is 0 Å². The van der Waals surface area contributed by atoms with Crippen molar-refractivity contribution in [1.29, 1.82) is 0 Å². The second kappa shape index (κ2) is 8.03. The van der Waals surface area contributed by atoms with Gasteiger partial charge in [-0.1, -0.05) is 37.5 Å². The Labute approximate surface area is 138 Å². The van der Waals surface area contributed by atoms with Crippen LogP contribution in [-0.4, -0.2) is 33.8 Å². The van der Waals surface area contributed by atoms with E-state index < -0.39 is 0 Å². The summed E-state index contributed by atoms with van der Waals surface area (Å²) in [5.41, 5.74) is 4.07. The van der Waals surface area contributed by atoms with E-state index >= 15 is 0 Å². The quantitative estimate of drug-likeness (QED) is 0.832. The lowest BCUT2D eigenvalue weighted by atomic mass is 10.1. The standard InChI is InChI=1S/C10H14N2.C9H8N2/c1-5-9-7-12(4)8(3)11-10(9)6-2;1-2-4-8-6-10-7-11-9(8)5-3-1/h5-8H,1-2H2,3-4H3;2-7H,1H2. The van der Waals surface area contributed by atoms with Crippen LogP contribution in [0.3, 0.4) is 0 Å². The molecule has 0 amide bonds. The van der Waals surface area contributed by atoms with Crippen molar-refractivity contribution >= 4 is 17.9 Å². The Bertz CT molecular complexity index is 636. The molecule has 1 aliphatic heterocycles. The largest absolute Gasteiger partial charge is 0.359 e. The molecule has 0 fully saturated rings. The summed E-state index contributed by atoms with van der Waals surface area (Å²) >= 11 is 0. The van der Waals surface area contributed by atoms with Crippen molar-refractivity contribution in [3.05, 3.63) is 73.0 Å². The number of hydrogen-bond donors (Lipinski definition) is 0.